The number of rotatable bonds is 4. The van der Waals surface area contributed by atoms with E-state index in [1.54, 1.807) is 12.1 Å². The zero-order valence-electron chi connectivity index (χ0n) is 16.7. The van der Waals surface area contributed by atoms with Crippen LogP contribution in [0.2, 0.25) is 0 Å². The van der Waals surface area contributed by atoms with Gasteiger partial charge < -0.3 is 0 Å². The van der Waals surface area contributed by atoms with E-state index in [0.717, 1.165) is 15.4 Å². The Balaban J connectivity index is 2.30. The number of amides is 1. The Morgan fingerprint density at radius 3 is 2.14 bits per heavy atom. The standard InChI is InChI=1S/C23H25NO3S/c1-6-17-24(28(26,27)21-14-7-18(2)8-15-21)22(25)16-11-19-9-12-20(13-10-19)23(3,4)5/h6-10,12-15H,1,17H2,2-5H3. The number of benzene rings is 2. The lowest BCUT2D eigenvalue weighted by atomic mass is 9.87. The Hall–Kier alpha value is -2.84. The maximum Gasteiger partial charge on any atom is 0.312 e. The molecular weight excluding hydrogens is 370 g/mol. The van der Waals surface area contributed by atoms with Crippen LogP contribution in [0.4, 0.5) is 0 Å². The molecule has 0 saturated heterocycles. The molecule has 0 radical (unpaired) electrons. The van der Waals surface area contributed by atoms with E-state index in [9.17, 15) is 13.2 Å². The Morgan fingerprint density at radius 1 is 1.07 bits per heavy atom. The summed E-state index contributed by atoms with van der Waals surface area (Å²) >= 11 is 0. The summed E-state index contributed by atoms with van der Waals surface area (Å²) in [5, 5.41) is 0. The first kappa shape index (κ1) is 21.5. The second-order valence-electron chi connectivity index (χ2n) is 7.52. The smallest absolute Gasteiger partial charge is 0.258 e. The largest absolute Gasteiger partial charge is 0.312 e. The average molecular weight is 396 g/mol. The molecule has 2 aromatic carbocycles. The number of hydrogen-bond donors (Lipinski definition) is 0. The predicted molar refractivity (Wildman–Crippen MR) is 112 cm³/mol. The molecule has 4 nitrogen and oxygen atoms in total. The monoisotopic (exact) mass is 395 g/mol. The van der Waals surface area contributed by atoms with E-state index in [2.05, 4.69) is 39.2 Å². The molecule has 0 spiro atoms. The lowest BCUT2D eigenvalue weighted by Gasteiger charge is -2.19. The highest BCUT2D eigenvalue weighted by atomic mass is 32.2. The third-order valence-electron chi connectivity index (χ3n) is 4.20. The summed E-state index contributed by atoms with van der Waals surface area (Å²) in [4.78, 5) is 12.6. The van der Waals surface area contributed by atoms with Crippen molar-refractivity contribution in [3.8, 4) is 11.8 Å². The molecule has 5 heteroatoms. The van der Waals surface area contributed by atoms with Crippen LogP contribution in [0.1, 0.15) is 37.5 Å². The quantitative estimate of drug-likeness (QED) is 0.580. The zero-order chi connectivity index (χ0) is 20.9. The fourth-order valence-corrected chi connectivity index (χ4v) is 3.79. The second-order valence-corrected chi connectivity index (χ2v) is 9.38. The maximum atomic E-state index is 12.8. The van der Waals surface area contributed by atoms with Crippen LogP contribution in [0.3, 0.4) is 0 Å². The van der Waals surface area contributed by atoms with Crippen molar-refractivity contribution >= 4 is 15.9 Å². The van der Waals surface area contributed by atoms with E-state index < -0.39 is 15.9 Å². The van der Waals surface area contributed by atoms with Crippen LogP contribution in [0.25, 0.3) is 0 Å². The molecule has 0 unspecified atom stereocenters. The van der Waals surface area contributed by atoms with Crippen molar-refractivity contribution in [1.29, 1.82) is 0 Å². The third kappa shape index (κ3) is 5.11. The number of hydrogen-bond acceptors (Lipinski definition) is 3. The third-order valence-corrected chi connectivity index (χ3v) is 5.96. The first-order valence-electron chi connectivity index (χ1n) is 8.92. The predicted octanol–water partition coefficient (Wildman–Crippen LogP) is 4.05. The molecule has 0 N–H and O–H groups in total. The molecule has 146 valence electrons. The molecule has 2 rings (SSSR count). The molecule has 0 fully saturated rings. The van der Waals surface area contributed by atoms with Crippen molar-refractivity contribution in [2.75, 3.05) is 6.54 Å². The molecular formula is C23H25NO3S. The number of carbonyl (C=O) groups excluding carboxylic acids is 1. The summed E-state index contributed by atoms with van der Waals surface area (Å²) in [6.07, 6.45) is 1.36. The fraction of sp³-hybridized carbons (Fsp3) is 0.261. The van der Waals surface area contributed by atoms with Gasteiger partial charge in [-0.05, 0) is 42.2 Å². The minimum absolute atomic E-state index is 0.0185. The Bertz CT molecular complexity index is 1020. The van der Waals surface area contributed by atoms with Crippen LogP contribution in [-0.2, 0) is 20.2 Å². The van der Waals surface area contributed by atoms with Crippen molar-refractivity contribution < 1.29 is 13.2 Å². The molecule has 0 saturated carbocycles. The molecule has 0 aliphatic heterocycles. The van der Waals surface area contributed by atoms with Gasteiger partial charge in [0.05, 0.1) is 11.4 Å². The van der Waals surface area contributed by atoms with E-state index in [1.165, 1.54) is 18.2 Å². The van der Waals surface area contributed by atoms with Crippen LogP contribution in [0.15, 0.2) is 66.1 Å². The summed E-state index contributed by atoms with van der Waals surface area (Å²) in [6.45, 7) is 11.6. The zero-order valence-corrected chi connectivity index (χ0v) is 17.5. The first-order chi connectivity index (χ1) is 13.1. The summed E-state index contributed by atoms with van der Waals surface area (Å²) in [5.41, 5.74) is 2.75. The van der Waals surface area contributed by atoms with Gasteiger partial charge in [-0.15, -0.1) is 6.58 Å². The molecule has 0 heterocycles. The maximum absolute atomic E-state index is 12.8. The summed E-state index contributed by atoms with van der Waals surface area (Å²) in [6, 6.07) is 13.9. The summed E-state index contributed by atoms with van der Waals surface area (Å²) in [5.74, 6) is 4.40. The molecule has 0 bridgehead atoms. The number of nitrogens with zero attached hydrogens (tertiary/aromatic N) is 1. The van der Waals surface area contributed by atoms with E-state index >= 15 is 0 Å². The lowest BCUT2D eigenvalue weighted by Crippen LogP contribution is -2.36. The number of aryl methyl sites for hydroxylation is 1. The van der Waals surface area contributed by atoms with Crippen LogP contribution in [0.5, 0.6) is 0 Å². The van der Waals surface area contributed by atoms with Gasteiger partial charge in [0.25, 0.3) is 10.0 Å². The van der Waals surface area contributed by atoms with E-state index in [4.69, 9.17) is 0 Å². The highest BCUT2D eigenvalue weighted by Gasteiger charge is 2.27. The van der Waals surface area contributed by atoms with Crippen molar-refractivity contribution in [3.63, 3.8) is 0 Å². The van der Waals surface area contributed by atoms with Crippen LogP contribution >= 0.6 is 0 Å². The minimum atomic E-state index is -4.00. The van der Waals surface area contributed by atoms with Crippen LogP contribution in [-0.4, -0.2) is 25.2 Å². The molecule has 0 atom stereocenters. The Morgan fingerprint density at radius 2 is 1.64 bits per heavy atom. The van der Waals surface area contributed by atoms with Gasteiger partial charge in [0, 0.05) is 11.5 Å². The van der Waals surface area contributed by atoms with Gasteiger partial charge in [-0.2, -0.15) is 0 Å². The summed E-state index contributed by atoms with van der Waals surface area (Å²) in [7, 11) is -4.00. The van der Waals surface area contributed by atoms with Crippen LogP contribution in [0, 0.1) is 18.8 Å². The van der Waals surface area contributed by atoms with Crippen molar-refractivity contribution in [1.82, 2.24) is 4.31 Å². The molecule has 1 amide bonds. The fourth-order valence-electron chi connectivity index (χ4n) is 2.49. The lowest BCUT2D eigenvalue weighted by molar-refractivity contribution is -0.120. The normalized spacial score (nSPS) is 11.3. The van der Waals surface area contributed by atoms with E-state index in [-0.39, 0.29) is 16.9 Å². The molecule has 0 aromatic heterocycles. The SMILES string of the molecule is C=CCN(C(=O)C#Cc1ccc(C(C)(C)C)cc1)S(=O)(=O)c1ccc(C)cc1. The van der Waals surface area contributed by atoms with Gasteiger partial charge in [0.2, 0.25) is 0 Å². The van der Waals surface area contributed by atoms with Gasteiger partial charge in [-0.3, -0.25) is 4.79 Å². The molecule has 0 aliphatic carbocycles. The number of sulfonamides is 1. The van der Waals surface area contributed by atoms with Crippen LogP contribution < -0.4 is 0 Å². The molecule has 0 aliphatic rings. The van der Waals surface area contributed by atoms with Gasteiger partial charge in [-0.1, -0.05) is 62.6 Å². The Labute approximate surface area is 167 Å². The summed E-state index contributed by atoms with van der Waals surface area (Å²) < 4.78 is 26.4. The van der Waals surface area contributed by atoms with Gasteiger partial charge in [0.1, 0.15) is 0 Å². The van der Waals surface area contributed by atoms with E-state index in [1.807, 2.05) is 31.2 Å². The van der Waals surface area contributed by atoms with Crippen molar-refractivity contribution in [2.24, 2.45) is 0 Å². The van der Waals surface area contributed by atoms with Gasteiger partial charge >= 0.3 is 5.91 Å². The molecule has 2 aromatic rings. The minimum Gasteiger partial charge on any atom is -0.258 e. The first-order valence-corrected chi connectivity index (χ1v) is 10.4. The average Bonchev–Trinajstić information content (AvgIpc) is 2.64. The highest BCUT2D eigenvalue weighted by Crippen LogP contribution is 2.22. The molecule has 28 heavy (non-hydrogen) atoms. The number of carbonyl (C=O) groups is 1. The topological polar surface area (TPSA) is 54.5 Å². The van der Waals surface area contributed by atoms with Gasteiger partial charge in [0.15, 0.2) is 0 Å². The van der Waals surface area contributed by atoms with Crippen molar-refractivity contribution in [3.05, 3.63) is 77.9 Å². The van der Waals surface area contributed by atoms with Gasteiger partial charge in [-0.25, -0.2) is 12.7 Å². The Kier molecular flexibility index (Phi) is 6.48. The van der Waals surface area contributed by atoms with E-state index in [0.29, 0.717) is 5.56 Å². The van der Waals surface area contributed by atoms with Crippen molar-refractivity contribution in [2.45, 2.75) is 38.0 Å². The highest BCUT2D eigenvalue weighted by molar-refractivity contribution is 7.89. The second kappa shape index (κ2) is 8.45.